The number of hydrogen-bond acceptors (Lipinski definition) is 3. The molecule has 1 aliphatic rings. The smallest absolute Gasteiger partial charge is 0.315 e. The van der Waals surface area contributed by atoms with Gasteiger partial charge in [-0.25, -0.2) is 4.79 Å². The van der Waals surface area contributed by atoms with Gasteiger partial charge in [-0.05, 0) is 18.8 Å². The summed E-state index contributed by atoms with van der Waals surface area (Å²) < 4.78 is 5.26. The van der Waals surface area contributed by atoms with Crippen LogP contribution in [0.2, 0.25) is 0 Å². The van der Waals surface area contributed by atoms with Gasteiger partial charge >= 0.3 is 12.0 Å². The Morgan fingerprint density at radius 1 is 1.50 bits per heavy atom. The highest BCUT2D eigenvalue weighted by molar-refractivity contribution is 5.74. The van der Waals surface area contributed by atoms with Crippen LogP contribution < -0.4 is 10.6 Å². The molecule has 2 unspecified atom stereocenters. The molecule has 1 aliphatic heterocycles. The molecule has 1 heterocycles. The van der Waals surface area contributed by atoms with Crippen molar-refractivity contribution in [1.29, 1.82) is 0 Å². The predicted molar refractivity (Wildman–Crippen MR) is 66.4 cm³/mol. The normalized spacial score (nSPS) is 21.1. The van der Waals surface area contributed by atoms with Crippen LogP contribution in [-0.2, 0) is 9.53 Å². The van der Waals surface area contributed by atoms with Crippen molar-refractivity contribution in [2.24, 2.45) is 5.92 Å². The largest absolute Gasteiger partial charge is 0.481 e. The van der Waals surface area contributed by atoms with E-state index in [1.807, 2.05) is 6.92 Å². The lowest BCUT2D eigenvalue weighted by atomic mass is 10.0. The molecule has 0 aliphatic carbocycles. The summed E-state index contributed by atoms with van der Waals surface area (Å²) in [5, 5.41) is 14.2. The number of carbonyl (C=O) groups excluding carboxylic acids is 1. The van der Waals surface area contributed by atoms with Crippen molar-refractivity contribution in [2.45, 2.75) is 38.6 Å². The molecule has 0 spiro atoms. The highest BCUT2D eigenvalue weighted by atomic mass is 16.5. The number of ether oxygens (including phenoxy) is 1. The van der Waals surface area contributed by atoms with Gasteiger partial charge in [0.15, 0.2) is 0 Å². The number of carboxylic acid groups (broad SMARTS) is 1. The summed E-state index contributed by atoms with van der Waals surface area (Å²) in [7, 11) is 0. The molecule has 0 aromatic carbocycles. The fourth-order valence-electron chi connectivity index (χ4n) is 1.94. The van der Waals surface area contributed by atoms with Crippen LogP contribution in [0.5, 0.6) is 0 Å². The molecule has 3 N–H and O–H groups in total. The SMILES string of the molecule is CCC(CNC(=O)NC1CCCOC1)CC(=O)O. The summed E-state index contributed by atoms with van der Waals surface area (Å²) in [6.07, 6.45) is 2.71. The van der Waals surface area contributed by atoms with E-state index in [4.69, 9.17) is 9.84 Å². The van der Waals surface area contributed by atoms with Gasteiger partial charge in [-0.3, -0.25) is 4.79 Å². The topological polar surface area (TPSA) is 87.7 Å². The van der Waals surface area contributed by atoms with Gasteiger partial charge in [-0.1, -0.05) is 13.3 Å². The summed E-state index contributed by atoms with van der Waals surface area (Å²) in [5.74, 6) is -0.847. The van der Waals surface area contributed by atoms with Crippen molar-refractivity contribution in [3.8, 4) is 0 Å². The number of rotatable bonds is 6. The van der Waals surface area contributed by atoms with Crippen molar-refractivity contribution in [2.75, 3.05) is 19.8 Å². The summed E-state index contributed by atoms with van der Waals surface area (Å²) in [6.45, 7) is 3.63. The molecular formula is C12H22N2O4. The highest BCUT2D eigenvalue weighted by Crippen LogP contribution is 2.07. The molecule has 1 fully saturated rings. The van der Waals surface area contributed by atoms with E-state index in [0.29, 0.717) is 13.2 Å². The van der Waals surface area contributed by atoms with Crippen LogP contribution in [0.25, 0.3) is 0 Å². The van der Waals surface area contributed by atoms with E-state index in [-0.39, 0.29) is 24.4 Å². The number of nitrogens with one attached hydrogen (secondary N) is 2. The Labute approximate surface area is 107 Å². The number of amides is 2. The Hall–Kier alpha value is -1.30. The lowest BCUT2D eigenvalue weighted by Crippen LogP contribution is -2.46. The maximum atomic E-state index is 11.6. The molecule has 0 bridgehead atoms. The first kappa shape index (κ1) is 14.8. The van der Waals surface area contributed by atoms with E-state index in [1.165, 1.54) is 0 Å². The van der Waals surface area contributed by atoms with Gasteiger partial charge in [0.05, 0.1) is 12.6 Å². The Bertz CT molecular complexity index is 277. The van der Waals surface area contributed by atoms with E-state index < -0.39 is 5.97 Å². The molecule has 0 aromatic rings. The first-order valence-electron chi connectivity index (χ1n) is 6.45. The Morgan fingerprint density at radius 3 is 2.83 bits per heavy atom. The average Bonchev–Trinajstić information content (AvgIpc) is 2.35. The fourth-order valence-corrected chi connectivity index (χ4v) is 1.94. The third-order valence-electron chi connectivity index (χ3n) is 3.09. The minimum Gasteiger partial charge on any atom is -0.481 e. The van der Waals surface area contributed by atoms with Crippen LogP contribution in [0, 0.1) is 5.92 Å². The van der Waals surface area contributed by atoms with E-state index in [0.717, 1.165) is 25.9 Å². The molecule has 104 valence electrons. The second-order valence-corrected chi connectivity index (χ2v) is 4.64. The van der Waals surface area contributed by atoms with Crippen LogP contribution >= 0.6 is 0 Å². The Kier molecular flexibility index (Phi) is 6.49. The number of hydrogen-bond donors (Lipinski definition) is 3. The molecular weight excluding hydrogens is 236 g/mol. The molecule has 1 rings (SSSR count). The van der Waals surface area contributed by atoms with E-state index >= 15 is 0 Å². The third-order valence-corrected chi connectivity index (χ3v) is 3.09. The zero-order chi connectivity index (χ0) is 13.4. The third kappa shape index (κ3) is 5.86. The van der Waals surface area contributed by atoms with E-state index in [2.05, 4.69) is 10.6 Å². The van der Waals surface area contributed by atoms with Crippen LogP contribution in [0.4, 0.5) is 4.79 Å². The first-order chi connectivity index (χ1) is 8.61. The minimum atomic E-state index is -0.829. The molecule has 2 amide bonds. The number of aliphatic carboxylic acids is 1. The van der Waals surface area contributed by atoms with Crippen molar-refractivity contribution in [1.82, 2.24) is 10.6 Å². The first-order valence-corrected chi connectivity index (χ1v) is 6.45. The second-order valence-electron chi connectivity index (χ2n) is 4.64. The molecule has 1 saturated heterocycles. The molecule has 18 heavy (non-hydrogen) atoms. The zero-order valence-corrected chi connectivity index (χ0v) is 10.8. The van der Waals surface area contributed by atoms with Crippen LogP contribution in [0.15, 0.2) is 0 Å². The summed E-state index contributed by atoms with van der Waals surface area (Å²) in [5.41, 5.74) is 0. The number of carbonyl (C=O) groups is 2. The van der Waals surface area contributed by atoms with Gasteiger partial charge in [0.1, 0.15) is 0 Å². The summed E-state index contributed by atoms with van der Waals surface area (Å²) in [4.78, 5) is 22.2. The fraction of sp³-hybridized carbons (Fsp3) is 0.833. The predicted octanol–water partition coefficient (Wildman–Crippen LogP) is 0.965. The molecule has 0 radical (unpaired) electrons. The van der Waals surface area contributed by atoms with Gasteiger partial charge in [0, 0.05) is 19.6 Å². The highest BCUT2D eigenvalue weighted by Gasteiger charge is 2.17. The lowest BCUT2D eigenvalue weighted by molar-refractivity contribution is -0.138. The van der Waals surface area contributed by atoms with Crippen molar-refractivity contribution >= 4 is 12.0 Å². The van der Waals surface area contributed by atoms with Crippen molar-refractivity contribution in [3.63, 3.8) is 0 Å². The molecule has 2 atom stereocenters. The maximum absolute atomic E-state index is 11.6. The monoisotopic (exact) mass is 258 g/mol. The van der Waals surface area contributed by atoms with E-state index in [9.17, 15) is 9.59 Å². The quantitative estimate of drug-likeness (QED) is 0.662. The summed E-state index contributed by atoms with van der Waals surface area (Å²) in [6, 6.07) is -0.173. The second kappa shape index (κ2) is 7.92. The minimum absolute atomic E-state index is 0.0177. The van der Waals surface area contributed by atoms with Gasteiger partial charge in [0.25, 0.3) is 0 Å². The van der Waals surface area contributed by atoms with Crippen LogP contribution in [0.3, 0.4) is 0 Å². The lowest BCUT2D eigenvalue weighted by Gasteiger charge is -2.23. The van der Waals surface area contributed by atoms with Gasteiger partial charge in [-0.2, -0.15) is 0 Å². The summed E-state index contributed by atoms with van der Waals surface area (Å²) >= 11 is 0. The molecule has 6 nitrogen and oxygen atoms in total. The Balaban J connectivity index is 2.20. The number of carboxylic acids is 1. The van der Waals surface area contributed by atoms with Crippen LogP contribution in [0.1, 0.15) is 32.6 Å². The van der Waals surface area contributed by atoms with Crippen molar-refractivity contribution < 1.29 is 19.4 Å². The maximum Gasteiger partial charge on any atom is 0.315 e. The Morgan fingerprint density at radius 2 is 2.28 bits per heavy atom. The zero-order valence-electron chi connectivity index (χ0n) is 10.8. The standard InChI is InChI=1S/C12H22N2O4/c1-2-9(6-11(15)16)7-13-12(17)14-10-4-3-5-18-8-10/h9-10H,2-8H2,1H3,(H,15,16)(H2,13,14,17). The van der Waals surface area contributed by atoms with Gasteiger partial charge < -0.3 is 20.5 Å². The van der Waals surface area contributed by atoms with E-state index in [1.54, 1.807) is 0 Å². The van der Waals surface area contributed by atoms with Gasteiger partial charge in [0.2, 0.25) is 0 Å². The van der Waals surface area contributed by atoms with Gasteiger partial charge in [-0.15, -0.1) is 0 Å². The molecule has 0 saturated carbocycles. The average molecular weight is 258 g/mol. The molecule has 0 aromatic heterocycles. The molecule has 6 heteroatoms. The number of urea groups is 1. The van der Waals surface area contributed by atoms with Crippen LogP contribution in [-0.4, -0.2) is 42.9 Å². The van der Waals surface area contributed by atoms with Crippen molar-refractivity contribution in [3.05, 3.63) is 0 Å².